The third kappa shape index (κ3) is 4.80. The van der Waals surface area contributed by atoms with Crippen LogP contribution in [-0.4, -0.2) is 41.2 Å². The lowest BCUT2D eigenvalue weighted by molar-refractivity contribution is -0.125. The van der Waals surface area contributed by atoms with Gasteiger partial charge in [-0.2, -0.15) is 5.26 Å². The molecule has 0 unspecified atom stereocenters. The molecule has 0 radical (unpaired) electrons. The van der Waals surface area contributed by atoms with Gasteiger partial charge < -0.3 is 15.5 Å². The fraction of sp³-hybridized carbons (Fsp3) is 0.360. The monoisotopic (exact) mass is 430 g/mol. The standard InChI is InChI=1S/C25H26N4O3/c26-16-17-10-12-18(13-11-17)23(30)28-21-8-3-5-19(15-21)25(32)29-14-4-9-22(29)24(31)27-20-6-1-2-7-20/h3,5,8,10-13,15,20,22H,1-2,4,6-7,9,14H2,(H,27,31)(H,28,30)/t22-/m1/s1. The van der Waals surface area contributed by atoms with E-state index in [2.05, 4.69) is 10.6 Å². The van der Waals surface area contributed by atoms with Crippen molar-refractivity contribution in [1.29, 1.82) is 5.26 Å². The third-order valence-electron chi connectivity index (χ3n) is 6.16. The van der Waals surface area contributed by atoms with Crippen LogP contribution in [0.5, 0.6) is 0 Å². The number of amides is 3. The molecule has 2 aromatic rings. The first kappa shape index (κ1) is 21.6. The maximum Gasteiger partial charge on any atom is 0.255 e. The summed E-state index contributed by atoms with van der Waals surface area (Å²) in [6.45, 7) is 0.545. The van der Waals surface area contributed by atoms with Crippen LogP contribution in [0.15, 0.2) is 48.5 Å². The van der Waals surface area contributed by atoms with Crippen LogP contribution in [0, 0.1) is 11.3 Å². The SMILES string of the molecule is N#Cc1ccc(C(=O)Nc2cccc(C(=O)N3CCC[C@@H]3C(=O)NC3CCCC3)c2)cc1. The van der Waals surface area contributed by atoms with Gasteiger partial charge in [0.1, 0.15) is 6.04 Å². The minimum atomic E-state index is -0.444. The molecule has 4 rings (SSSR count). The highest BCUT2D eigenvalue weighted by Gasteiger charge is 2.35. The normalized spacial score (nSPS) is 18.2. The molecule has 164 valence electrons. The lowest BCUT2D eigenvalue weighted by Gasteiger charge is -2.25. The minimum Gasteiger partial charge on any atom is -0.352 e. The number of hydrogen-bond donors (Lipinski definition) is 2. The summed E-state index contributed by atoms with van der Waals surface area (Å²) in [5.41, 5.74) is 1.83. The number of benzene rings is 2. The fourth-order valence-corrected chi connectivity index (χ4v) is 4.45. The molecule has 1 aliphatic heterocycles. The molecule has 2 fully saturated rings. The molecule has 2 aliphatic rings. The predicted molar refractivity (Wildman–Crippen MR) is 120 cm³/mol. The molecule has 2 N–H and O–H groups in total. The molecule has 0 spiro atoms. The second kappa shape index (κ2) is 9.65. The molecule has 0 aromatic heterocycles. The fourth-order valence-electron chi connectivity index (χ4n) is 4.45. The van der Waals surface area contributed by atoms with Crippen LogP contribution >= 0.6 is 0 Å². The first-order chi connectivity index (χ1) is 15.5. The van der Waals surface area contributed by atoms with Crippen LogP contribution in [0.2, 0.25) is 0 Å². The molecular formula is C25H26N4O3. The lowest BCUT2D eigenvalue weighted by atomic mass is 10.1. The van der Waals surface area contributed by atoms with Crippen LogP contribution in [0.3, 0.4) is 0 Å². The highest BCUT2D eigenvalue weighted by atomic mass is 16.2. The summed E-state index contributed by atoms with van der Waals surface area (Å²) in [7, 11) is 0. The number of likely N-dealkylation sites (tertiary alicyclic amines) is 1. The summed E-state index contributed by atoms with van der Waals surface area (Å²) < 4.78 is 0. The minimum absolute atomic E-state index is 0.0620. The Hall–Kier alpha value is -3.66. The molecule has 1 heterocycles. The summed E-state index contributed by atoms with van der Waals surface area (Å²) in [5.74, 6) is -0.592. The Morgan fingerprint density at radius 1 is 0.938 bits per heavy atom. The van der Waals surface area contributed by atoms with Crippen molar-refractivity contribution in [3.05, 3.63) is 65.2 Å². The number of nitrogens with zero attached hydrogens (tertiary/aromatic N) is 2. The van der Waals surface area contributed by atoms with Gasteiger partial charge in [0, 0.05) is 29.4 Å². The van der Waals surface area contributed by atoms with E-state index in [9.17, 15) is 14.4 Å². The largest absolute Gasteiger partial charge is 0.352 e. The van der Waals surface area contributed by atoms with Crippen LogP contribution in [0.25, 0.3) is 0 Å². The van der Waals surface area contributed by atoms with Crippen molar-refractivity contribution >= 4 is 23.4 Å². The van der Waals surface area contributed by atoms with Gasteiger partial charge >= 0.3 is 0 Å². The number of carbonyl (C=O) groups is 3. The van der Waals surface area contributed by atoms with Gasteiger partial charge in [-0.1, -0.05) is 18.9 Å². The molecule has 1 aliphatic carbocycles. The second-order valence-corrected chi connectivity index (χ2v) is 8.37. The Bertz CT molecular complexity index is 1050. The van der Waals surface area contributed by atoms with Gasteiger partial charge in [0.2, 0.25) is 5.91 Å². The first-order valence-corrected chi connectivity index (χ1v) is 11.1. The van der Waals surface area contributed by atoms with Gasteiger partial charge in [0.25, 0.3) is 11.8 Å². The zero-order valence-electron chi connectivity index (χ0n) is 17.8. The van der Waals surface area contributed by atoms with Gasteiger partial charge in [0.15, 0.2) is 0 Å². The smallest absolute Gasteiger partial charge is 0.255 e. The van der Waals surface area contributed by atoms with Crippen molar-refractivity contribution < 1.29 is 14.4 Å². The van der Waals surface area contributed by atoms with E-state index >= 15 is 0 Å². The summed E-state index contributed by atoms with van der Waals surface area (Å²) >= 11 is 0. The quantitative estimate of drug-likeness (QED) is 0.758. The van der Waals surface area contributed by atoms with Crippen molar-refractivity contribution in [1.82, 2.24) is 10.2 Å². The van der Waals surface area contributed by atoms with Crippen LogP contribution in [0.4, 0.5) is 5.69 Å². The highest BCUT2D eigenvalue weighted by molar-refractivity contribution is 6.05. The van der Waals surface area contributed by atoms with E-state index in [1.54, 1.807) is 53.4 Å². The van der Waals surface area contributed by atoms with E-state index < -0.39 is 6.04 Å². The van der Waals surface area contributed by atoms with Gasteiger partial charge in [-0.05, 0) is 68.1 Å². The summed E-state index contributed by atoms with van der Waals surface area (Å²) in [6, 6.07) is 14.9. The number of nitriles is 1. The average Bonchev–Trinajstić information content (AvgIpc) is 3.51. The van der Waals surface area contributed by atoms with Crippen molar-refractivity contribution in [2.45, 2.75) is 50.6 Å². The average molecular weight is 431 g/mol. The zero-order chi connectivity index (χ0) is 22.5. The topological polar surface area (TPSA) is 102 Å². The number of nitrogens with one attached hydrogen (secondary N) is 2. The third-order valence-corrected chi connectivity index (χ3v) is 6.16. The number of carbonyl (C=O) groups excluding carboxylic acids is 3. The summed E-state index contributed by atoms with van der Waals surface area (Å²) in [4.78, 5) is 40.1. The van der Waals surface area contributed by atoms with Crippen molar-refractivity contribution in [2.24, 2.45) is 0 Å². The van der Waals surface area contributed by atoms with E-state index in [0.29, 0.717) is 35.3 Å². The van der Waals surface area contributed by atoms with Crippen LogP contribution in [0.1, 0.15) is 64.8 Å². The summed E-state index contributed by atoms with van der Waals surface area (Å²) in [6.07, 6.45) is 5.75. The van der Waals surface area contributed by atoms with E-state index in [-0.39, 0.29) is 23.8 Å². The molecule has 0 bridgehead atoms. The van der Waals surface area contributed by atoms with Gasteiger partial charge in [0.05, 0.1) is 11.6 Å². The molecular weight excluding hydrogens is 404 g/mol. The second-order valence-electron chi connectivity index (χ2n) is 8.37. The van der Waals surface area contributed by atoms with Crippen molar-refractivity contribution in [3.63, 3.8) is 0 Å². The molecule has 1 saturated heterocycles. The predicted octanol–water partition coefficient (Wildman–Crippen LogP) is 3.47. The van der Waals surface area contributed by atoms with E-state index in [4.69, 9.17) is 5.26 Å². The van der Waals surface area contributed by atoms with Gasteiger partial charge in [-0.15, -0.1) is 0 Å². The maximum atomic E-state index is 13.2. The molecule has 32 heavy (non-hydrogen) atoms. The molecule has 1 saturated carbocycles. The van der Waals surface area contributed by atoms with E-state index in [1.807, 2.05) is 6.07 Å². The van der Waals surface area contributed by atoms with Crippen LogP contribution in [-0.2, 0) is 4.79 Å². The Morgan fingerprint density at radius 3 is 2.41 bits per heavy atom. The Balaban J connectivity index is 1.43. The van der Waals surface area contributed by atoms with Crippen molar-refractivity contribution in [3.8, 4) is 6.07 Å². The Kier molecular flexibility index (Phi) is 6.50. The zero-order valence-corrected chi connectivity index (χ0v) is 17.8. The Labute approximate surface area is 187 Å². The number of hydrogen-bond acceptors (Lipinski definition) is 4. The molecule has 7 heteroatoms. The molecule has 1 atom stereocenters. The Morgan fingerprint density at radius 2 is 1.69 bits per heavy atom. The van der Waals surface area contributed by atoms with Crippen molar-refractivity contribution in [2.75, 3.05) is 11.9 Å². The van der Waals surface area contributed by atoms with E-state index in [0.717, 1.165) is 32.1 Å². The summed E-state index contributed by atoms with van der Waals surface area (Å²) in [5, 5.41) is 14.8. The number of anilines is 1. The molecule has 2 aromatic carbocycles. The van der Waals surface area contributed by atoms with Gasteiger partial charge in [-0.3, -0.25) is 14.4 Å². The maximum absolute atomic E-state index is 13.2. The lowest BCUT2D eigenvalue weighted by Crippen LogP contribution is -2.48. The van der Waals surface area contributed by atoms with Crippen LogP contribution < -0.4 is 10.6 Å². The highest BCUT2D eigenvalue weighted by Crippen LogP contribution is 2.24. The number of rotatable bonds is 5. The van der Waals surface area contributed by atoms with E-state index in [1.165, 1.54) is 0 Å². The van der Waals surface area contributed by atoms with Gasteiger partial charge in [-0.25, -0.2) is 0 Å². The first-order valence-electron chi connectivity index (χ1n) is 11.1. The molecule has 7 nitrogen and oxygen atoms in total. The molecule has 3 amide bonds.